The number of aliphatic hydroxyl groups excluding tert-OH is 1. The summed E-state index contributed by atoms with van der Waals surface area (Å²) in [6, 6.07) is 7.41. The molecule has 20 heavy (non-hydrogen) atoms. The number of pyridine rings is 1. The van der Waals surface area contributed by atoms with Crippen molar-refractivity contribution < 1.29 is 13.9 Å². The van der Waals surface area contributed by atoms with Crippen LogP contribution in [-0.2, 0) is 6.61 Å². The number of halogens is 2. The number of anilines is 1. The van der Waals surface area contributed by atoms with Gasteiger partial charge in [-0.15, -0.1) is 0 Å². The summed E-state index contributed by atoms with van der Waals surface area (Å²) >= 11 is 0. The lowest BCUT2D eigenvalue weighted by molar-refractivity contribution is 0.281. The number of hydrogen-bond donors (Lipinski definition) is 1. The fraction of sp³-hybridized carbons (Fsp3) is 0.267. The smallest absolute Gasteiger partial charge is 0.142 e. The van der Waals surface area contributed by atoms with E-state index < -0.39 is 5.82 Å². The minimum Gasteiger partial charge on any atom is -0.392 e. The third-order valence-corrected chi connectivity index (χ3v) is 3.35. The first kappa shape index (κ1) is 14.4. The van der Waals surface area contributed by atoms with Crippen LogP contribution in [0.5, 0.6) is 0 Å². The zero-order valence-corrected chi connectivity index (χ0v) is 11.3. The molecule has 0 saturated carbocycles. The monoisotopic (exact) mass is 278 g/mol. The molecule has 3 nitrogen and oxygen atoms in total. The van der Waals surface area contributed by atoms with Crippen molar-refractivity contribution in [3.8, 4) is 0 Å². The number of benzene rings is 1. The van der Waals surface area contributed by atoms with E-state index in [0.29, 0.717) is 16.9 Å². The van der Waals surface area contributed by atoms with Crippen molar-refractivity contribution in [1.29, 1.82) is 0 Å². The maximum atomic E-state index is 13.8. The van der Waals surface area contributed by atoms with Crippen molar-refractivity contribution >= 4 is 5.82 Å². The molecule has 106 valence electrons. The lowest BCUT2D eigenvalue weighted by Gasteiger charge is -2.28. The minimum absolute atomic E-state index is 0.292. The first-order valence-electron chi connectivity index (χ1n) is 6.27. The predicted molar refractivity (Wildman–Crippen MR) is 73.3 cm³/mol. The normalized spacial score (nSPS) is 12.2. The predicted octanol–water partition coefficient (Wildman–Crippen LogP) is 3.05. The second-order valence-electron chi connectivity index (χ2n) is 4.60. The van der Waals surface area contributed by atoms with Crippen LogP contribution in [0.2, 0.25) is 0 Å². The lowest BCUT2D eigenvalue weighted by atomic mass is 10.1. The average molecular weight is 278 g/mol. The summed E-state index contributed by atoms with van der Waals surface area (Å²) in [5, 5.41) is 9.29. The fourth-order valence-electron chi connectivity index (χ4n) is 2.11. The van der Waals surface area contributed by atoms with Crippen LogP contribution in [0.25, 0.3) is 0 Å². The number of rotatable bonds is 4. The summed E-state index contributed by atoms with van der Waals surface area (Å²) in [4.78, 5) is 5.71. The largest absolute Gasteiger partial charge is 0.392 e. The number of aromatic nitrogens is 1. The quantitative estimate of drug-likeness (QED) is 0.933. The fourth-order valence-corrected chi connectivity index (χ4v) is 2.11. The van der Waals surface area contributed by atoms with Gasteiger partial charge in [-0.05, 0) is 19.1 Å². The molecule has 1 N–H and O–H groups in total. The second kappa shape index (κ2) is 5.96. The Morgan fingerprint density at radius 1 is 1.30 bits per heavy atom. The standard InChI is InChI=1S/C15H16F2N2O/c1-10(13-5-3-4-6-14(13)17)19(2)15-11(9-20)7-12(16)8-18-15/h3-8,10,20H,9H2,1-2H3. The maximum Gasteiger partial charge on any atom is 0.142 e. The van der Waals surface area contributed by atoms with Crippen molar-refractivity contribution in [3.63, 3.8) is 0 Å². The molecule has 0 saturated heterocycles. The molecule has 1 atom stereocenters. The summed E-state index contributed by atoms with van der Waals surface area (Å²) in [6.07, 6.45) is 1.08. The van der Waals surface area contributed by atoms with Crippen LogP contribution in [0.1, 0.15) is 24.1 Å². The number of nitrogens with zero attached hydrogens (tertiary/aromatic N) is 2. The summed E-state index contributed by atoms with van der Waals surface area (Å²) < 4.78 is 26.9. The van der Waals surface area contributed by atoms with E-state index in [9.17, 15) is 13.9 Å². The molecular weight excluding hydrogens is 262 g/mol. The van der Waals surface area contributed by atoms with Crippen molar-refractivity contribution in [3.05, 3.63) is 59.3 Å². The SMILES string of the molecule is CC(c1ccccc1F)N(C)c1ncc(F)cc1CO. The molecule has 1 heterocycles. The summed E-state index contributed by atoms with van der Waals surface area (Å²) in [5.74, 6) is -0.381. The number of hydrogen-bond acceptors (Lipinski definition) is 3. The molecule has 1 unspecified atom stereocenters. The van der Waals surface area contributed by atoms with Crippen LogP contribution in [0.4, 0.5) is 14.6 Å². The topological polar surface area (TPSA) is 36.4 Å². The highest BCUT2D eigenvalue weighted by atomic mass is 19.1. The van der Waals surface area contributed by atoms with Crippen molar-refractivity contribution in [2.24, 2.45) is 0 Å². The van der Waals surface area contributed by atoms with Gasteiger partial charge in [-0.3, -0.25) is 0 Å². The Bertz CT molecular complexity index is 604. The first-order valence-corrected chi connectivity index (χ1v) is 6.27. The Hall–Kier alpha value is -2.01. The molecule has 2 rings (SSSR count). The molecule has 0 amide bonds. The zero-order valence-electron chi connectivity index (χ0n) is 11.3. The Balaban J connectivity index is 2.36. The molecule has 0 aliphatic heterocycles. The van der Waals surface area contributed by atoms with Gasteiger partial charge in [0.1, 0.15) is 17.5 Å². The third kappa shape index (κ3) is 2.77. The van der Waals surface area contributed by atoms with Gasteiger partial charge in [0, 0.05) is 18.2 Å². The van der Waals surface area contributed by atoms with E-state index in [1.807, 2.05) is 6.92 Å². The number of aliphatic hydroxyl groups is 1. The summed E-state index contributed by atoms with van der Waals surface area (Å²) in [7, 11) is 1.73. The minimum atomic E-state index is -0.509. The Morgan fingerprint density at radius 3 is 2.65 bits per heavy atom. The van der Waals surface area contributed by atoms with Crippen LogP contribution < -0.4 is 4.90 Å². The van der Waals surface area contributed by atoms with Gasteiger partial charge in [-0.2, -0.15) is 0 Å². The van der Waals surface area contributed by atoms with Gasteiger partial charge in [-0.25, -0.2) is 13.8 Å². The average Bonchev–Trinajstić information content (AvgIpc) is 2.46. The van der Waals surface area contributed by atoms with Crippen LogP contribution in [0.15, 0.2) is 36.5 Å². The molecule has 1 aromatic carbocycles. The van der Waals surface area contributed by atoms with Gasteiger partial charge in [0.2, 0.25) is 0 Å². The summed E-state index contributed by atoms with van der Waals surface area (Å²) in [5.41, 5.74) is 0.890. The van der Waals surface area contributed by atoms with E-state index in [1.165, 1.54) is 12.1 Å². The van der Waals surface area contributed by atoms with Gasteiger partial charge < -0.3 is 10.0 Å². The molecule has 1 aromatic heterocycles. The van der Waals surface area contributed by atoms with Crippen LogP contribution >= 0.6 is 0 Å². The highest BCUT2D eigenvalue weighted by Crippen LogP contribution is 2.28. The molecule has 0 radical (unpaired) electrons. The Morgan fingerprint density at radius 2 is 2.00 bits per heavy atom. The molecule has 2 aromatic rings. The van der Waals surface area contributed by atoms with Crippen LogP contribution in [0, 0.1) is 11.6 Å². The molecule has 0 fully saturated rings. The van der Waals surface area contributed by atoms with Gasteiger partial charge in [-0.1, -0.05) is 18.2 Å². The maximum absolute atomic E-state index is 13.8. The van der Waals surface area contributed by atoms with E-state index in [1.54, 1.807) is 30.1 Å². The van der Waals surface area contributed by atoms with Crippen molar-refractivity contribution in [2.45, 2.75) is 19.6 Å². The molecule has 0 aliphatic rings. The highest BCUT2D eigenvalue weighted by Gasteiger charge is 2.19. The Kier molecular flexibility index (Phi) is 4.29. The van der Waals surface area contributed by atoms with E-state index >= 15 is 0 Å². The van der Waals surface area contributed by atoms with Crippen molar-refractivity contribution in [2.75, 3.05) is 11.9 Å². The van der Waals surface area contributed by atoms with Crippen molar-refractivity contribution in [1.82, 2.24) is 4.98 Å². The summed E-state index contributed by atoms with van der Waals surface area (Å²) in [6.45, 7) is 1.50. The third-order valence-electron chi connectivity index (χ3n) is 3.35. The second-order valence-corrected chi connectivity index (χ2v) is 4.60. The van der Waals surface area contributed by atoms with Gasteiger partial charge >= 0.3 is 0 Å². The first-order chi connectivity index (χ1) is 9.54. The molecular formula is C15H16F2N2O. The zero-order chi connectivity index (χ0) is 14.7. The van der Waals surface area contributed by atoms with Crippen LogP contribution in [0.3, 0.4) is 0 Å². The van der Waals surface area contributed by atoms with Gasteiger partial charge in [0.05, 0.1) is 18.8 Å². The molecule has 0 bridgehead atoms. The van der Waals surface area contributed by atoms with Gasteiger partial charge in [0.25, 0.3) is 0 Å². The van der Waals surface area contributed by atoms with Gasteiger partial charge in [0.15, 0.2) is 0 Å². The van der Waals surface area contributed by atoms with Crippen LogP contribution in [-0.4, -0.2) is 17.1 Å². The van der Waals surface area contributed by atoms with E-state index in [0.717, 1.165) is 6.20 Å². The lowest BCUT2D eigenvalue weighted by Crippen LogP contribution is -2.24. The highest BCUT2D eigenvalue weighted by molar-refractivity contribution is 5.48. The van der Waals surface area contributed by atoms with E-state index in [4.69, 9.17) is 0 Å². The molecule has 0 spiro atoms. The molecule has 0 aliphatic carbocycles. The van der Waals surface area contributed by atoms with E-state index in [2.05, 4.69) is 4.98 Å². The molecule has 5 heteroatoms. The Labute approximate surface area is 116 Å². The van der Waals surface area contributed by atoms with E-state index in [-0.39, 0.29) is 18.5 Å².